The molecule has 0 radical (unpaired) electrons. The number of anilines is 1. The smallest absolute Gasteiger partial charge is 0.252 e. The molecule has 0 aliphatic rings. The Kier molecular flexibility index (Phi) is 5.29. The van der Waals surface area contributed by atoms with E-state index in [0.29, 0.717) is 38.9 Å². The minimum atomic E-state index is -0.611. The fourth-order valence-electron chi connectivity index (χ4n) is 2.52. The van der Waals surface area contributed by atoms with E-state index in [2.05, 4.69) is 10.3 Å². The number of carbonyl (C=O) groups excluding carboxylic acids is 1. The summed E-state index contributed by atoms with van der Waals surface area (Å²) in [5.74, 6) is 0.698. The van der Waals surface area contributed by atoms with Gasteiger partial charge in [0.2, 0.25) is 0 Å². The molecule has 0 bridgehead atoms. The molecule has 3 aromatic rings. The minimum Gasteiger partial charge on any atom is -0.496 e. The summed E-state index contributed by atoms with van der Waals surface area (Å²) in [4.78, 5) is 16.0. The van der Waals surface area contributed by atoms with Crippen molar-refractivity contribution in [2.75, 3.05) is 12.4 Å². The molecular weight excluding hydrogens is 388 g/mol. The highest BCUT2D eigenvalue weighted by atomic mass is 35.5. The Balaban J connectivity index is 2.02. The van der Waals surface area contributed by atoms with Crippen LogP contribution in [0, 0.1) is 0 Å². The van der Waals surface area contributed by atoms with Crippen molar-refractivity contribution in [2.24, 2.45) is 11.5 Å². The quantitative estimate of drug-likeness (QED) is 0.560. The van der Waals surface area contributed by atoms with Crippen molar-refractivity contribution in [3.63, 3.8) is 0 Å². The van der Waals surface area contributed by atoms with Gasteiger partial charge in [0.05, 0.1) is 28.9 Å². The topological polar surface area (TPSA) is 112 Å². The molecule has 0 saturated carbocycles. The molecule has 0 atom stereocenters. The maximum Gasteiger partial charge on any atom is 0.252 e. The fourth-order valence-corrected chi connectivity index (χ4v) is 2.85. The van der Waals surface area contributed by atoms with Crippen molar-refractivity contribution in [1.82, 2.24) is 4.98 Å². The number of carbonyl (C=O) groups is 1. The third kappa shape index (κ3) is 4.02. The largest absolute Gasteiger partial charge is 0.496 e. The first-order valence-electron chi connectivity index (χ1n) is 7.69. The van der Waals surface area contributed by atoms with Crippen molar-refractivity contribution >= 4 is 51.4 Å². The third-order valence-electron chi connectivity index (χ3n) is 3.71. The van der Waals surface area contributed by atoms with Gasteiger partial charge in [-0.2, -0.15) is 0 Å². The molecule has 0 spiro atoms. The third-order valence-corrected chi connectivity index (χ3v) is 4.13. The lowest BCUT2D eigenvalue weighted by atomic mass is 10.1. The van der Waals surface area contributed by atoms with Gasteiger partial charge in [-0.05, 0) is 36.5 Å². The lowest BCUT2D eigenvalue weighted by Gasteiger charge is -2.13. The van der Waals surface area contributed by atoms with Crippen LogP contribution in [0.25, 0.3) is 10.9 Å². The molecule has 1 aromatic heterocycles. The van der Waals surface area contributed by atoms with Crippen LogP contribution in [-0.2, 0) is 0 Å². The lowest BCUT2D eigenvalue weighted by molar-refractivity contribution is 0.0997. The average Bonchev–Trinajstić information content (AvgIpc) is 2.62. The van der Waals surface area contributed by atoms with E-state index < -0.39 is 5.91 Å². The van der Waals surface area contributed by atoms with Crippen LogP contribution in [0.2, 0.25) is 5.02 Å². The zero-order valence-corrected chi connectivity index (χ0v) is 15.7. The van der Waals surface area contributed by atoms with Crippen LogP contribution < -0.4 is 26.3 Å². The van der Waals surface area contributed by atoms with E-state index in [4.69, 9.17) is 44.8 Å². The number of nitrogens with zero attached hydrogens (tertiary/aromatic N) is 1. The van der Waals surface area contributed by atoms with Crippen LogP contribution in [0.5, 0.6) is 17.2 Å². The summed E-state index contributed by atoms with van der Waals surface area (Å²) in [5, 5.41) is 3.87. The molecule has 0 aliphatic carbocycles. The van der Waals surface area contributed by atoms with Crippen molar-refractivity contribution in [2.45, 2.75) is 0 Å². The molecule has 3 rings (SSSR count). The number of nitrogens with one attached hydrogen (secondary N) is 1. The van der Waals surface area contributed by atoms with Gasteiger partial charge >= 0.3 is 0 Å². The molecule has 0 saturated heterocycles. The Morgan fingerprint density at radius 1 is 1.19 bits per heavy atom. The molecule has 138 valence electrons. The summed E-state index contributed by atoms with van der Waals surface area (Å²) in [6.45, 7) is 0. The number of halogens is 1. The Bertz CT molecular complexity index is 1060. The maximum absolute atomic E-state index is 11.7. The molecule has 0 unspecified atom stereocenters. The molecule has 5 N–H and O–H groups in total. The van der Waals surface area contributed by atoms with Crippen LogP contribution in [0.4, 0.5) is 5.69 Å². The number of hydrogen-bond acceptors (Lipinski definition) is 5. The Morgan fingerprint density at radius 2 is 1.96 bits per heavy atom. The van der Waals surface area contributed by atoms with E-state index in [1.165, 1.54) is 7.11 Å². The zero-order valence-electron chi connectivity index (χ0n) is 14.2. The van der Waals surface area contributed by atoms with Crippen molar-refractivity contribution in [3.05, 3.63) is 53.2 Å². The number of ether oxygens (including phenoxy) is 2. The normalized spacial score (nSPS) is 10.4. The monoisotopic (exact) mass is 402 g/mol. The minimum absolute atomic E-state index is 0.110. The highest BCUT2D eigenvalue weighted by molar-refractivity contribution is 7.80. The summed E-state index contributed by atoms with van der Waals surface area (Å²) in [6, 6.07) is 9.91. The SMILES string of the molecule is COc1cc2nccc(Oc3ccc(NC(N)=S)c(Cl)c3)c2cc1C(N)=O. The van der Waals surface area contributed by atoms with Gasteiger partial charge < -0.3 is 26.3 Å². The number of thiocarbonyl (C=S) groups is 1. The second-order valence-electron chi connectivity index (χ2n) is 5.48. The van der Waals surface area contributed by atoms with Gasteiger partial charge in [-0.3, -0.25) is 9.78 Å². The number of primary amides is 1. The zero-order chi connectivity index (χ0) is 19.6. The van der Waals surface area contributed by atoms with Gasteiger partial charge in [-0.15, -0.1) is 0 Å². The number of aromatic nitrogens is 1. The van der Waals surface area contributed by atoms with Crippen LogP contribution in [0.15, 0.2) is 42.6 Å². The number of rotatable bonds is 5. The van der Waals surface area contributed by atoms with E-state index in [9.17, 15) is 4.79 Å². The molecular formula is C18H15ClN4O3S. The number of fused-ring (bicyclic) bond motifs is 1. The number of amides is 1. The second-order valence-corrected chi connectivity index (χ2v) is 6.32. The Morgan fingerprint density at radius 3 is 2.59 bits per heavy atom. The van der Waals surface area contributed by atoms with E-state index in [1.807, 2.05) is 0 Å². The Hall–Kier alpha value is -3.10. The van der Waals surface area contributed by atoms with E-state index in [0.717, 1.165) is 0 Å². The first kappa shape index (κ1) is 18.7. The Labute approximate surface area is 165 Å². The highest BCUT2D eigenvalue weighted by Crippen LogP contribution is 2.35. The van der Waals surface area contributed by atoms with Crippen LogP contribution in [-0.4, -0.2) is 23.1 Å². The van der Waals surface area contributed by atoms with Crippen molar-refractivity contribution in [1.29, 1.82) is 0 Å². The summed E-state index contributed by atoms with van der Waals surface area (Å²) in [5.41, 5.74) is 12.3. The highest BCUT2D eigenvalue weighted by Gasteiger charge is 2.14. The van der Waals surface area contributed by atoms with Gasteiger partial charge in [-0.1, -0.05) is 11.6 Å². The molecule has 0 aliphatic heterocycles. The predicted octanol–water partition coefficient (Wildman–Crippen LogP) is 3.44. The molecule has 1 amide bonds. The lowest BCUT2D eigenvalue weighted by Crippen LogP contribution is -2.19. The summed E-state index contributed by atoms with van der Waals surface area (Å²) in [6.07, 6.45) is 1.59. The molecule has 27 heavy (non-hydrogen) atoms. The molecule has 9 heteroatoms. The van der Waals surface area contributed by atoms with E-state index >= 15 is 0 Å². The molecule has 2 aromatic carbocycles. The summed E-state index contributed by atoms with van der Waals surface area (Å²) in [7, 11) is 1.46. The molecule has 7 nitrogen and oxygen atoms in total. The number of pyridine rings is 1. The van der Waals surface area contributed by atoms with Crippen molar-refractivity contribution in [3.8, 4) is 17.2 Å². The van der Waals surface area contributed by atoms with E-state index in [-0.39, 0.29) is 10.7 Å². The van der Waals surface area contributed by atoms with Gasteiger partial charge in [0.25, 0.3) is 5.91 Å². The standard InChI is InChI=1S/C18H15ClN4O3S/c1-25-16-8-14-10(7-11(16)17(20)24)15(4-5-22-14)26-9-2-3-13(12(19)6-9)23-18(21)27/h2-8H,1H3,(H2,20,24)(H3,21,23,27). The maximum atomic E-state index is 11.7. The van der Waals surface area contributed by atoms with E-state index in [1.54, 1.807) is 42.6 Å². The fraction of sp³-hybridized carbons (Fsp3) is 0.0556. The van der Waals surface area contributed by atoms with Crippen molar-refractivity contribution < 1.29 is 14.3 Å². The van der Waals surface area contributed by atoms with Gasteiger partial charge in [0, 0.05) is 23.7 Å². The van der Waals surface area contributed by atoms with Gasteiger partial charge in [0.15, 0.2) is 5.11 Å². The van der Waals surface area contributed by atoms with Gasteiger partial charge in [-0.25, -0.2) is 0 Å². The number of hydrogen-bond donors (Lipinski definition) is 3. The van der Waals surface area contributed by atoms with Gasteiger partial charge in [0.1, 0.15) is 17.2 Å². The molecule has 1 heterocycles. The van der Waals surface area contributed by atoms with Crippen LogP contribution >= 0.6 is 23.8 Å². The summed E-state index contributed by atoms with van der Waals surface area (Å²) >= 11 is 11.0. The first-order valence-corrected chi connectivity index (χ1v) is 8.48. The second kappa shape index (κ2) is 7.65. The number of benzene rings is 2. The predicted molar refractivity (Wildman–Crippen MR) is 109 cm³/mol. The summed E-state index contributed by atoms with van der Waals surface area (Å²) < 4.78 is 11.1. The van der Waals surface area contributed by atoms with Crippen LogP contribution in [0.1, 0.15) is 10.4 Å². The number of methoxy groups -OCH3 is 1. The average molecular weight is 403 g/mol. The number of nitrogens with two attached hydrogens (primary N) is 2. The molecule has 0 fully saturated rings. The van der Waals surface area contributed by atoms with Crippen LogP contribution in [0.3, 0.4) is 0 Å². The first-order chi connectivity index (χ1) is 12.9.